The number of benzene rings is 1. The third kappa shape index (κ3) is 2.96. The van der Waals surface area contributed by atoms with Crippen LogP contribution >= 0.6 is 11.3 Å². The number of aromatic nitrogens is 2. The number of nitrogens with zero attached hydrogens (tertiary/aromatic N) is 4. The third-order valence-electron chi connectivity index (χ3n) is 5.61. The van der Waals surface area contributed by atoms with Crippen molar-refractivity contribution in [1.82, 2.24) is 14.9 Å². The highest BCUT2D eigenvalue weighted by molar-refractivity contribution is 7.22. The van der Waals surface area contributed by atoms with Gasteiger partial charge < -0.3 is 4.90 Å². The van der Waals surface area contributed by atoms with Crippen LogP contribution in [0, 0.1) is 12.8 Å². The fourth-order valence-electron chi connectivity index (χ4n) is 3.96. The Morgan fingerprint density at radius 2 is 1.93 bits per heavy atom. The molecule has 142 valence electrons. The molecule has 0 aliphatic carbocycles. The number of rotatable bonds is 3. The molecule has 0 bridgehead atoms. The molecule has 2 saturated heterocycles. The van der Waals surface area contributed by atoms with Crippen LogP contribution in [0.5, 0.6) is 0 Å². The van der Waals surface area contributed by atoms with Gasteiger partial charge in [0.25, 0.3) is 0 Å². The summed E-state index contributed by atoms with van der Waals surface area (Å²) >= 11 is 1.52. The Morgan fingerprint density at radius 3 is 2.71 bits per heavy atom. The highest BCUT2D eigenvalue weighted by Gasteiger charge is 2.41. The number of aryl methyl sites for hydroxylation is 1. The predicted molar refractivity (Wildman–Crippen MR) is 108 cm³/mol. The van der Waals surface area contributed by atoms with Gasteiger partial charge in [-0.1, -0.05) is 17.4 Å². The number of pyridine rings is 1. The quantitative estimate of drug-likeness (QED) is 0.687. The van der Waals surface area contributed by atoms with Crippen LogP contribution in [0.3, 0.4) is 0 Å². The molecule has 2 aromatic heterocycles. The Balaban J connectivity index is 1.26. The summed E-state index contributed by atoms with van der Waals surface area (Å²) < 4.78 is 1.07. The fourth-order valence-corrected chi connectivity index (χ4v) is 5.05. The summed E-state index contributed by atoms with van der Waals surface area (Å²) in [6, 6.07) is 10.1. The highest BCUT2D eigenvalue weighted by Crippen LogP contribution is 2.35. The zero-order valence-corrected chi connectivity index (χ0v) is 16.4. The Labute approximate surface area is 166 Å². The molecule has 1 unspecified atom stereocenters. The van der Waals surface area contributed by atoms with E-state index >= 15 is 0 Å². The van der Waals surface area contributed by atoms with Crippen LogP contribution in [0.1, 0.15) is 23.5 Å². The van der Waals surface area contributed by atoms with Crippen molar-refractivity contribution in [3.63, 3.8) is 0 Å². The normalized spacial score (nSPS) is 20.0. The SMILES string of the molecule is Cc1ccc2nc(N3CC(C(=O)N4CC(c5ccncc5)C4)CC3=O)sc2c1. The van der Waals surface area contributed by atoms with Gasteiger partial charge in [0.1, 0.15) is 0 Å². The van der Waals surface area contributed by atoms with Crippen molar-refractivity contribution >= 4 is 38.5 Å². The molecule has 0 spiro atoms. The minimum atomic E-state index is -0.278. The zero-order chi connectivity index (χ0) is 19.3. The van der Waals surface area contributed by atoms with Gasteiger partial charge in [-0.2, -0.15) is 0 Å². The zero-order valence-electron chi connectivity index (χ0n) is 15.5. The molecule has 1 atom stereocenters. The van der Waals surface area contributed by atoms with Gasteiger partial charge in [0.2, 0.25) is 11.8 Å². The summed E-state index contributed by atoms with van der Waals surface area (Å²) in [4.78, 5) is 37.6. The average Bonchev–Trinajstić information content (AvgIpc) is 3.24. The molecule has 5 rings (SSSR count). The number of amides is 2. The minimum Gasteiger partial charge on any atom is -0.341 e. The number of carbonyl (C=O) groups excluding carboxylic acids is 2. The third-order valence-corrected chi connectivity index (χ3v) is 6.65. The number of carbonyl (C=O) groups is 2. The molecule has 0 saturated carbocycles. The van der Waals surface area contributed by atoms with Crippen molar-refractivity contribution in [1.29, 1.82) is 0 Å². The molecule has 2 aliphatic rings. The van der Waals surface area contributed by atoms with E-state index in [1.807, 2.05) is 36.1 Å². The lowest BCUT2D eigenvalue weighted by molar-refractivity contribution is -0.140. The molecular weight excluding hydrogens is 372 g/mol. The molecular formula is C21H20N4O2S. The first-order valence-electron chi connectivity index (χ1n) is 9.45. The number of hydrogen-bond acceptors (Lipinski definition) is 5. The molecule has 1 aromatic carbocycles. The van der Waals surface area contributed by atoms with Crippen LogP contribution < -0.4 is 4.90 Å². The van der Waals surface area contributed by atoms with Crippen LogP contribution in [-0.4, -0.2) is 46.3 Å². The Hall–Kier alpha value is -2.80. The van der Waals surface area contributed by atoms with Gasteiger partial charge >= 0.3 is 0 Å². The van der Waals surface area contributed by atoms with E-state index in [-0.39, 0.29) is 24.2 Å². The molecule has 6 nitrogen and oxygen atoms in total. The summed E-state index contributed by atoms with van der Waals surface area (Å²) in [5.41, 5.74) is 3.29. The van der Waals surface area contributed by atoms with Crippen molar-refractivity contribution in [3.8, 4) is 0 Å². The summed E-state index contributed by atoms with van der Waals surface area (Å²) in [6.45, 7) is 3.90. The molecule has 2 aliphatic heterocycles. The van der Waals surface area contributed by atoms with Gasteiger partial charge in [-0.25, -0.2) is 4.98 Å². The van der Waals surface area contributed by atoms with Gasteiger partial charge in [-0.3, -0.25) is 19.5 Å². The van der Waals surface area contributed by atoms with E-state index in [1.54, 1.807) is 17.3 Å². The molecule has 3 aromatic rings. The lowest BCUT2D eigenvalue weighted by Gasteiger charge is -2.40. The maximum absolute atomic E-state index is 12.9. The first kappa shape index (κ1) is 17.3. The van der Waals surface area contributed by atoms with Crippen molar-refractivity contribution in [2.24, 2.45) is 5.92 Å². The Kier molecular flexibility index (Phi) is 4.12. The van der Waals surface area contributed by atoms with Crippen LogP contribution in [0.2, 0.25) is 0 Å². The fraction of sp³-hybridized carbons (Fsp3) is 0.333. The molecule has 28 heavy (non-hydrogen) atoms. The summed E-state index contributed by atoms with van der Waals surface area (Å²) in [7, 11) is 0. The largest absolute Gasteiger partial charge is 0.341 e. The van der Waals surface area contributed by atoms with Crippen molar-refractivity contribution < 1.29 is 9.59 Å². The number of hydrogen-bond donors (Lipinski definition) is 0. The molecule has 2 fully saturated rings. The monoisotopic (exact) mass is 392 g/mol. The van der Waals surface area contributed by atoms with E-state index in [9.17, 15) is 9.59 Å². The Morgan fingerprint density at radius 1 is 1.14 bits per heavy atom. The average molecular weight is 392 g/mol. The van der Waals surface area contributed by atoms with Crippen LogP contribution in [0.25, 0.3) is 10.2 Å². The van der Waals surface area contributed by atoms with E-state index in [0.717, 1.165) is 10.2 Å². The van der Waals surface area contributed by atoms with Gasteiger partial charge in [0, 0.05) is 44.4 Å². The lowest BCUT2D eigenvalue weighted by Crippen LogP contribution is -2.51. The van der Waals surface area contributed by atoms with Crippen LogP contribution in [-0.2, 0) is 9.59 Å². The topological polar surface area (TPSA) is 66.4 Å². The predicted octanol–water partition coefficient (Wildman–Crippen LogP) is 2.98. The Bertz CT molecular complexity index is 1060. The maximum Gasteiger partial charge on any atom is 0.229 e. The number of likely N-dealkylation sites (tertiary alicyclic amines) is 1. The van der Waals surface area contributed by atoms with Crippen LogP contribution in [0.4, 0.5) is 5.13 Å². The number of anilines is 1. The maximum atomic E-state index is 12.9. The molecule has 4 heterocycles. The van der Waals surface area contributed by atoms with Crippen molar-refractivity contribution in [2.75, 3.05) is 24.5 Å². The molecule has 7 heteroatoms. The number of thiazole rings is 1. The van der Waals surface area contributed by atoms with E-state index in [1.165, 1.54) is 22.5 Å². The standard InChI is InChI=1S/C21H20N4O2S/c1-13-2-3-17-18(8-13)28-21(23-17)25-12-15(9-19(25)26)20(27)24-10-16(11-24)14-4-6-22-7-5-14/h2-8,15-16H,9-12H2,1H3. The molecule has 2 amide bonds. The van der Waals surface area contributed by atoms with E-state index in [4.69, 9.17) is 0 Å². The second kappa shape index (κ2) is 6.67. The first-order chi connectivity index (χ1) is 13.6. The lowest BCUT2D eigenvalue weighted by atomic mass is 9.90. The van der Waals surface area contributed by atoms with E-state index < -0.39 is 0 Å². The molecule has 0 N–H and O–H groups in total. The summed E-state index contributed by atoms with van der Waals surface area (Å²) in [6.07, 6.45) is 3.84. The first-order valence-corrected chi connectivity index (χ1v) is 10.3. The highest BCUT2D eigenvalue weighted by atomic mass is 32.1. The second-order valence-electron chi connectivity index (χ2n) is 7.59. The van der Waals surface area contributed by atoms with Gasteiger partial charge in [-0.05, 0) is 42.3 Å². The molecule has 0 radical (unpaired) electrons. The smallest absolute Gasteiger partial charge is 0.229 e. The minimum absolute atomic E-state index is 0.0136. The van der Waals surface area contributed by atoms with Crippen molar-refractivity contribution in [2.45, 2.75) is 19.3 Å². The van der Waals surface area contributed by atoms with Gasteiger partial charge in [0.05, 0.1) is 16.1 Å². The summed E-state index contributed by atoms with van der Waals surface area (Å²) in [5, 5.41) is 0.694. The van der Waals surface area contributed by atoms with Gasteiger partial charge in [0.15, 0.2) is 5.13 Å². The van der Waals surface area contributed by atoms with Crippen LogP contribution in [0.15, 0.2) is 42.7 Å². The van der Waals surface area contributed by atoms with Crippen molar-refractivity contribution in [3.05, 3.63) is 53.9 Å². The number of fused-ring (bicyclic) bond motifs is 1. The van der Waals surface area contributed by atoms with E-state index in [2.05, 4.69) is 16.0 Å². The van der Waals surface area contributed by atoms with Gasteiger partial charge in [-0.15, -0.1) is 0 Å². The second-order valence-corrected chi connectivity index (χ2v) is 8.60. The summed E-state index contributed by atoms with van der Waals surface area (Å²) in [5.74, 6) is 0.158. The van der Waals surface area contributed by atoms with E-state index in [0.29, 0.717) is 30.7 Å².